The molecule has 2 rings (SSSR count). The summed E-state index contributed by atoms with van der Waals surface area (Å²) in [6, 6.07) is -0.0944. The molecule has 0 saturated heterocycles. The fourth-order valence-corrected chi connectivity index (χ4v) is 1.95. The zero-order chi connectivity index (χ0) is 11.5. The molecule has 2 amide bonds. The van der Waals surface area contributed by atoms with Crippen LogP contribution in [0.5, 0.6) is 0 Å². The Morgan fingerprint density at radius 3 is 3.12 bits per heavy atom. The summed E-state index contributed by atoms with van der Waals surface area (Å²) in [4.78, 5) is 13.5. The van der Waals surface area contributed by atoms with Crippen LogP contribution in [0.15, 0.2) is 6.33 Å². The minimum atomic E-state index is -0.0944. The second-order valence-electron chi connectivity index (χ2n) is 3.43. The first kappa shape index (κ1) is 10.8. The van der Waals surface area contributed by atoms with Gasteiger partial charge < -0.3 is 10.2 Å². The Hall–Kier alpha value is -1.70. The van der Waals surface area contributed by atoms with Gasteiger partial charge in [-0.25, -0.2) is 4.79 Å². The number of amides is 2. The van der Waals surface area contributed by atoms with Gasteiger partial charge in [-0.15, -0.1) is 10.2 Å². The molecule has 1 N–H and O–H groups in total. The Kier molecular flexibility index (Phi) is 3.00. The van der Waals surface area contributed by atoms with Gasteiger partial charge in [0.1, 0.15) is 11.3 Å². The first-order valence-corrected chi connectivity index (χ1v) is 5.59. The van der Waals surface area contributed by atoms with Crippen molar-refractivity contribution in [3.05, 3.63) is 11.3 Å². The third-order valence-corrected chi connectivity index (χ3v) is 2.92. The average molecular weight is 240 g/mol. The fourth-order valence-electron chi connectivity index (χ4n) is 1.14. The van der Waals surface area contributed by atoms with E-state index in [1.165, 1.54) is 16.2 Å². The second kappa shape index (κ2) is 4.44. The maximum absolute atomic E-state index is 11.2. The molecule has 0 saturated carbocycles. The summed E-state index contributed by atoms with van der Waals surface area (Å²) >= 11 is 1.48. The van der Waals surface area contributed by atoms with Gasteiger partial charge in [-0.1, -0.05) is 11.3 Å². The van der Waals surface area contributed by atoms with Gasteiger partial charge in [-0.3, -0.25) is 0 Å². The highest BCUT2D eigenvalue weighted by Gasteiger charge is 2.06. The summed E-state index contributed by atoms with van der Waals surface area (Å²) < 4.78 is 1.63. The van der Waals surface area contributed by atoms with Crippen molar-refractivity contribution >= 4 is 22.3 Å². The Labute approximate surface area is 96.1 Å². The first-order chi connectivity index (χ1) is 7.66. The van der Waals surface area contributed by atoms with E-state index in [0.717, 1.165) is 9.97 Å². The van der Waals surface area contributed by atoms with Gasteiger partial charge >= 0.3 is 6.03 Å². The lowest BCUT2D eigenvalue weighted by atomic mass is 10.4. The van der Waals surface area contributed by atoms with Gasteiger partial charge in [0.2, 0.25) is 4.96 Å². The molecule has 0 aliphatic heterocycles. The molecule has 0 atom stereocenters. The molecule has 0 aromatic carbocycles. The van der Waals surface area contributed by atoms with E-state index in [9.17, 15) is 4.79 Å². The molecule has 86 valence electrons. The molecule has 0 spiro atoms. The van der Waals surface area contributed by atoms with Crippen molar-refractivity contribution in [2.75, 3.05) is 20.6 Å². The Balaban J connectivity index is 1.86. The SMILES string of the molecule is CN(C)C(=O)NCCc1nn2cnnc2s1. The summed E-state index contributed by atoms with van der Waals surface area (Å²) in [6.07, 6.45) is 2.27. The predicted octanol–water partition coefficient (Wildman–Crippen LogP) is -0.000500. The lowest BCUT2D eigenvalue weighted by molar-refractivity contribution is 0.217. The standard InChI is InChI=1S/C8H12N6OS/c1-13(2)7(15)9-4-3-6-12-14-5-10-11-8(14)16-6/h5H,3-4H2,1-2H3,(H,9,15). The second-order valence-corrected chi connectivity index (χ2v) is 4.47. The van der Waals surface area contributed by atoms with Crippen LogP contribution in [0.25, 0.3) is 4.96 Å². The van der Waals surface area contributed by atoms with E-state index in [1.54, 1.807) is 24.9 Å². The van der Waals surface area contributed by atoms with E-state index >= 15 is 0 Å². The Bertz CT molecular complexity index is 461. The largest absolute Gasteiger partial charge is 0.338 e. The molecule has 2 aromatic heterocycles. The van der Waals surface area contributed by atoms with E-state index in [4.69, 9.17) is 0 Å². The van der Waals surface area contributed by atoms with Crippen LogP contribution in [0.4, 0.5) is 4.79 Å². The highest BCUT2D eigenvalue weighted by Crippen LogP contribution is 2.11. The van der Waals surface area contributed by atoms with Crippen LogP contribution in [-0.2, 0) is 6.42 Å². The number of rotatable bonds is 3. The zero-order valence-electron chi connectivity index (χ0n) is 9.04. The number of aromatic nitrogens is 4. The molecule has 7 nitrogen and oxygen atoms in total. The Morgan fingerprint density at radius 2 is 2.44 bits per heavy atom. The monoisotopic (exact) mass is 240 g/mol. The van der Waals surface area contributed by atoms with Gasteiger partial charge in [0.05, 0.1) is 0 Å². The van der Waals surface area contributed by atoms with E-state index in [-0.39, 0.29) is 6.03 Å². The number of urea groups is 1. The molecule has 2 aromatic rings. The van der Waals surface area contributed by atoms with Gasteiger partial charge in [0.25, 0.3) is 0 Å². The first-order valence-electron chi connectivity index (χ1n) is 4.77. The molecule has 0 radical (unpaired) electrons. The van der Waals surface area contributed by atoms with Crippen LogP contribution < -0.4 is 5.32 Å². The van der Waals surface area contributed by atoms with Gasteiger partial charge in [0, 0.05) is 27.1 Å². The summed E-state index contributed by atoms with van der Waals surface area (Å²) in [5.74, 6) is 0. The van der Waals surface area contributed by atoms with Crippen molar-refractivity contribution in [3.8, 4) is 0 Å². The number of fused-ring (bicyclic) bond motifs is 1. The van der Waals surface area contributed by atoms with Gasteiger partial charge in [0.15, 0.2) is 0 Å². The summed E-state index contributed by atoms with van der Waals surface area (Å²) in [7, 11) is 3.41. The quantitative estimate of drug-likeness (QED) is 0.819. The van der Waals surface area contributed by atoms with Crippen molar-refractivity contribution in [2.45, 2.75) is 6.42 Å². The number of hydrogen-bond donors (Lipinski definition) is 1. The lowest BCUT2D eigenvalue weighted by Crippen LogP contribution is -2.35. The third-order valence-electron chi connectivity index (χ3n) is 1.95. The molecule has 0 aliphatic rings. The van der Waals surface area contributed by atoms with Crippen molar-refractivity contribution < 1.29 is 4.79 Å². The molecule has 0 unspecified atom stereocenters. The van der Waals surface area contributed by atoms with Crippen LogP contribution in [-0.4, -0.2) is 51.4 Å². The highest BCUT2D eigenvalue weighted by atomic mass is 32.1. The van der Waals surface area contributed by atoms with Crippen molar-refractivity contribution in [3.63, 3.8) is 0 Å². The van der Waals surface area contributed by atoms with E-state index in [2.05, 4.69) is 20.6 Å². The smallest absolute Gasteiger partial charge is 0.316 e. The number of nitrogens with zero attached hydrogens (tertiary/aromatic N) is 5. The van der Waals surface area contributed by atoms with E-state index in [0.29, 0.717) is 13.0 Å². The number of carbonyl (C=O) groups excluding carboxylic acids is 1. The summed E-state index contributed by atoms with van der Waals surface area (Å²) in [5.41, 5.74) is 0. The molecular weight excluding hydrogens is 228 g/mol. The van der Waals surface area contributed by atoms with E-state index < -0.39 is 0 Å². The van der Waals surface area contributed by atoms with Gasteiger partial charge in [-0.2, -0.15) is 9.61 Å². The number of nitrogens with one attached hydrogen (secondary N) is 1. The molecule has 0 aliphatic carbocycles. The Morgan fingerprint density at radius 1 is 1.62 bits per heavy atom. The van der Waals surface area contributed by atoms with E-state index in [1.807, 2.05) is 0 Å². The molecule has 8 heteroatoms. The normalized spacial score (nSPS) is 10.6. The van der Waals surface area contributed by atoms with Crippen LogP contribution >= 0.6 is 11.3 Å². The molecular formula is C8H12N6OS. The van der Waals surface area contributed by atoms with Crippen LogP contribution in [0, 0.1) is 0 Å². The lowest BCUT2D eigenvalue weighted by Gasteiger charge is -2.10. The van der Waals surface area contributed by atoms with Crippen molar-refractivity contribution in [1.82, 2.24) is 30.0 Å². The molecule has 0 bridgehead atoms. The molecule has 0 fully saturated rings. The van der Waals surface area contributed by atoms with Crippen LogP contribution in [0.3, 0.4) is 0 Å². The minimum absolute atomic E-state index is 0.0944. The third kappa shape index (κ3) is 2.27. The molecule has 16 heavy (non-hydrogen) atoms. The summed E-state index contributed by atoms with van der Waals surface area (Å²) in [5, 5.41) is 15.6. The number of hydrogen-bond acceptors (Lipinski definition) is 5. The topological polar surface area (TPSA) is 75.4 Å². The van der Waals surface area contributed by atoms with Crippen LogP contribution in [0.1, 0.15) is 5.01 Å². The van der Waals surface area contributed by atoms with Crippen LogP contribution in [0.2, 0.25) is 0 Å². The van der Waals surface area contributed by atoms with Crippen molar-refractivity contribution in [1.29, 1.82) is 0 Å². The number of carbonyl (C=O) groups is 1. The maximum Gasteiger partial charge on any atom is 0.316 e. The fraction of sp³-hybridized carbons (Fsp3) is 0.500. The van der Waals surface area contributed by atoms with Crippen molar-refractivity contribution in [2.24, 2.45) is 0 Å². The average Bonchev–Trinajstić information content (AvgIpc) is 2.77. The maximum atomic E-state index is 11.2. The highest BCUT2D eigenvalue weighted by molar-refractivity contribution is 7.16. The summed E-state index contributed by atoms with van der Waals surface area (Å²) in [6.45, 7) is 0.571. The zero-order valence-corrected chi connectivity index (χ0v) is 9.86. The van der Waals surface area contributed by atoms with Gasteiger partial charge in [-0.05, 0) is 0 Å². The minimum Gasteiger partial charge on any atom is -0.338 e. The molecule has 2 heterocycles. The predicted molar refractivity (Wildman–Crippen MR) is 59.4 cm³/mol.